The lowest BCUT2D eigenvalue weighted by Crippen LogP contribution is -2.34. The van der Waals surface area contributed by atoms with E-state index >= 15 is 0 Å². The summed E-state index contributed by atoms with van der Waals surface area (Å²) in [5.74, 6) is 0.964. The molecule has 0 radical (unpaired) electrons. The zero-order valence-corrected chi connectivity index (χ0v) is 23.0. The molecule has 0 bridgehead atoms. The highest BCUT2D eigenvalue weighted by Gasteiger charge is 2.32. The first-order valence-corrected chi connectivity index (χ1v) is 13.0. The van der Waals surface area contributed by atoms with E-state index in [9.17, 15) is 13.2 Å². The maximum absolute atomic E-state index is 13.2. The summed E-state index contributed by atoms with van der Waals surface area (Å²) in [6.45, 7) is 12.5. The summed E-state index contributed by atoms with van der Waals surface area (Å²) in [5.41, 5.74) is 1.21. The van der Waals surface area contributed by atoms with Gasteiger partial charge in [-0.3, -0.25) is 4.90 Å². The van der Waals surface area contributed by atoms with Gasteiger partial charge in [-0.05, 0) is 60.8 Å². The topological polar surface area (TPSA) is 21.7 Å². The van der Waals surface area contributed by atoms with Gasteiger partial charge in [-0.2, -0.15) is 13.2 Å². The van der Waals surface area contributed by atoms with Crippen LogP contribution < -0.4 is 0 Å². The average molecular weight is 510 g/mol. The highest BCUT2D eigenvalue weighted by molar-refractivity contribution is 5.35. The van der Waals surface area contributed by atoms with Crippen LogP contribution in [0.3, 0.4) is 0 Å². The molecule has 0 N–H and O–H groups in total. The van der Waals surface area contributed by atoms with E-state index in [1.807, 2.05) is 43.3 Å². The van der Waals surface area contributed by atoms with Crippen molar-refractivity contribution >= 4 is 0 Å². The molecule has 0 aliphatic carbocycles. The second-order valence-electron chi connectivity index (χ2n) is 9.65. The van der Waals surface area contributed by atoms with Gasteiger partial charge in [-0.25, -0.2) is 0 Å². The highest BCUT2D eigenvalue weighted by atomic mass is 19.4. The number of rotatable bonds is 14. The Balaban J connectivity index is 0.000000936. The predicted molar refractivity (Wildman–Crippen MR) is 143 cm³/mol. The zero-order chi connectivity index (χ0) is 27.0. The predicted octanol–water partition coefficient (Wildman–Crippen LogP) is 7.84. The Kier molecular flexibility index (Phi) is 15.7. The van der Waals surface area contributed by atoms with Crippen molar-refractivity contribution in [1.82, 2.24) is 4.90 Å². The van der Waals surface area contributed by atoms with Gasteiger partial charge in [0.1, 0.15) is 0 Å². The van der Waals surface area contributed by atoms with Crippen LogP contribution in [0, 0.1) is 18.8 Å². The van der Waals surface area contributed by atoms with E-state index in [1.54, 1.807) is 20.3 Å². The summed E-state index contributed by atoms with van der Waals surface area (Å²) >= 11 is 0. The molecule has 2 aromatic carbocycles. The van der Waals surface area contributed by atoms with Crippen molar-refractivity contribution in [2.45, 2.75) is 59.1 Å². The molecule has 0 aliphatic rings. The van der Waals surface area contributed by atoms with Crippen LogP contribution in [0.15, 0.2) is 54.6 Å². The Morgan fingerprint density at radius 2 is 1.39 bits per heavy atom. The first-order valence-electron chi connectivity index (χ1n) is 13.0. The third-order valence-electron chi connectivity index (χ3n) is 6.82. The van der Waals surface area contributed by atoms with Crippen molar-refractivity contribution in [3.8, 4) is 0 Å². The molecular formula is C30H46F3NO2. The van der Waals surface area contributed by atoms with Crippen molar-refractivity contribution in [3.05, 3.63) is 71.3 Å². The normalized spacial score (nSPS) is 14.2. The van der Waals surface area contributed by atoms with Gasteiger partial charge in [0.15, 0.2) is 0 Å². The molecule has 2 aromatic rings. The maximum Gasteiger partial charge on any atom is 0.416 e. The fourth-order valence-corrected chi connectivity index (χ4v) is 4.52. The Labute approximate surface area is 217 Å². The number of ether oxygens (including phenoxy) is 2. The first-order chi connectivity index (χ1) is 17.1. The largest absolute Gasteiger partial charge is 0.416 e. The van der Waals surface area contributed by atoms with Crippen LogP contribution in [0.4, 0.5) is 13.2 Å². The minimum atomic E-state index is -4.30. The van der Waals surface area contributed by atoms with Gasteiger partial charge >= 0.3 is 6.18 Å². The molecular weight excluding hydrogens is 463 g/mol. The van der Waals surface area contributed by atoms with Gasteiger partial charge in [-0.1, -0.05) is 69.7 Å². The smallest absolute Gasteiger partial charge is 0.383 e. The van der Waals surface area contributed by atoms with E-state index in [2.05, 4.69) is 25.7 Å². The minimum Gasteiger partial charge on any atom is -0.383 e. The summed E-state index contributed by atoms with van der Waals surface area (Å²) < 4.78 is 50.0. The van der Waals surface area contributed by atoms with Gasteiger partial charge < -0.3 is 9.47 Å². The number of alkyl halides is 3. The molecule has 0 spiro atoms. The Morgan fingerprint density at radius 1 is 0.861 bits per heavy atom. The quantitative estimate of drug-likeness (QED) is 0.259. The second-order valence-corrected chi connectivity index (χ2v) is 9.65. The van der Waals surface area contributed by atoms with Gasteiger partial charge in [0.2, 0.25) is 0 Å². The molecule has 0 aliphatic heterocycles. The molecule has 0 amide bonds. The van der Waals surface area contributed by atoms with Crippen LogP contribution in [0.2, 0.25) is 0 Å². The van der Waals surface area contributed by atoms with Crippen LogP contribution >= 0.6 is 0 Å². The fourth-order valence-electron chi connectivity index (χ4n) is 4.52. The molecule has 0 saturated carbocycles. The molecule has 3 unspecified atom stereocenters. The van der Waals surface area contributed by atoms with E-state index < -0.39 is 11.7 Å². The number of hydrogen-bond donors (Lipinski definition) is 0. The van der Waals surface area contributed by atoms with Gasteiger partial charge in [0.25, 0.3) is 0 Å². The van der Waals surface area contributed by atoms with Crippen LogP contribution in [0.25, 0.3) is 0 Å². The average Bonchev–Trinajstić information content (AvgIpc) is 2.86. The summed E-state index contributed by atoms with van der Waals surface area (Å²) in [7, 11) is 3.42. The summed E-state index contributed by atoms with van der Waals surface area (Å²) in [6.07, 6.45) is -1.28. The molecule has 6 heteroatoms. The van der Waals surface area contributed by atoms with Crippen LogP contribution in [-0.2, 0) is 15.7 Å². The Morgan fingerprint density at radius 3 is 1.83 bits per heavy atom. The first kappa shape index (κ1) is 32.1. The molecule has 0 saturated heterocycles. The standard InChI is InChI=1S/C24H40F3NO2.C6H6/c1-7-21(10-8-18(2)17-28(12-14-29-5)13-15-30-6)20(4)23-16-22(24(25,26)27)11-9-19(23)3;1-2-4-6-5-3-1/h9,11,16,18,20-21H,7-8,10,12-15,17H2,1-6H3;1-6H. The molecule has 3 atom stereocenters. The minimum absolute atomic E-state index is 0.0996. The van der Waals surface area contributed by atoms with E-state index in [0.717, 1.165) is 50.0 Å². The van der Waals surface area contributed by atoms with Crippen LogP contribution in [0.5, 0.6) is 0 Å². The summed E-state index contributed by atoms with van der Waals surface area (Å²) in [4.78, 5) is 2.36. The second kappa shape index (κ2) is 17.5. The fraction of sp³-hybridized carbons (Fsp3) is 0.600. The third kappa shape index (κ3) is 12.4. The molecule has 0 aromatic heterocycles. The monoisotopic (exact) mass is 509 g/mol. The van der Waals surface area contributed by atoms with E-state index in [1.165, 1.54) is 12.1 Å². The molecule has 3 nitrogen and oxygen atoms in total. The summed E-state index contributed by atoms with van der Waals surface area (Å²) in [6, 6.07) is 16.1. The maximum atomic E-state index is 13.2. The van der Waals surface area contributed by atoms with Crippen LogP contribution in [-0.4, -0.2) is 52.0 Å². The lowest BCUT2D eigenvalue weighted by Gasteiger charge is -2.29. The lowest BCUT2D eigenvalue weighted by atomic mass is 9.79. The highest BCUT2D eigenvalue weighted by Crippen LogP contribution is 2.37. The number of benzene rings is 2. The number of nitrogens with zero attached hydrogens (tertiary/aromatic N) is 1. The van der Waals surface area contributed by atoms with E-state index in [-0.39, 0.29) is 5.92 Å². The van der Waals surface area contributed by atoms with Gasteiger partial charge in [-0.15, -0.1) is 0 Å². The lowest BCUT2D eigenvalue weighted by molar-refractivity contribution is -0.137. The molecule has 2 rings (SSSR count). The molecule has 0 heterocycles. The number of hydrogen-bond acceptors (Lipinski definition) is 3. The number of methoxy groups -OCH3 is 2. The Bertz CT molecular complexity index is 779. The zero-order valence-electron chi connectivity index (χ0n) is 23.0. The van der Waals surface area contributed by atoms with Gasteiger partial charge in [0.05, 0.1) is 18.8 Å². The Hall–Kier alpha value is -1.89. The SMILES string of the molecule is CCC(CCC(C)CN(CCOC)CCOC)C(C)c1cc(C(F)(F)F)ccc1C.c1ccccc1. The van der Waals surface area contributed by atoms with Crippen molar-refractivity contribution in [3.63, 3.8) is 0 Å². The molecule has 36 heavy (non-hydrogen) atoms. The van der Waals surface area contributed by atoms with E-state index in [0.29, 0.717) is 25.0 Å². The molecule has 0 fully saturated rings. The number of aryl methyl sites for hydroxylation is 1. The summed E-state index contributed by atoms with van der Waals surface area (Å²) in [5, 5.41) is 0. The van der Waals surface area contributed by atoms with Crippen molar-refractivity contribution < 1.29 is 22.6 Å². The van der Waals surface area contributed by atoms with Crippen molar-refractivity contribution in [1.29, 1.82) is 0 Å². The van der Waals surface area contributed by atoms with Crippen molar-refractivity contribution in [2.24, 2.45) is 11.8 Å². The molecule has 204 valence electrons. The van der Waals surface area contributed by atoms with Crippen molar-refractivity contribution in [2.75, 3.05) is 47.1 Å². The van der Waals surface area contributed by atoms with E-state index in [4.69, 9.17) is 9.47 Å². The van der Waals surface area contributed by atoms with Crippen LogP contribution in [0.1, 0.15) is 62.6 Å². The third-order valence-corrected chi connectivity index (χ3v) is 6.82. The number of halogens is 3. The van der Waals surface area contributed by atoms with Gasteiger partial charge in [0, 0.05) is 33.9 Å².